The van der Waals surface area contributed by atoms with E-state index in [2.05, 4.69) is 10.0 Å². The van der Waals surface area contributed by atoms with Crippen LogP contribution in [0.25, 0.3) is 0 Å². The molecule has 8 heteroatoms. The topological polar surface area (TPSA) is 84.5 Å². The van der Waals surface area contributed by atoms with Gasteiger partial charge < -0.3 is 10.1 Å². The van der Waals surface area contributed by atoms with Crippen LogP contribution in [0.5, 0.6) is 0 Å². The highest BCUT2D eigenvalue weighted by molar-refractivity contribution is 7.89. The maximum atomic E-state index is 12.7. The normalized spacial score (nSPS) is 23.2. The van der Waals surface area contributed by atoms with E-state index >= 15 is 0 Å². The monoisotopic (exact) mass is 444 g/mol. The first-order valence-electron chi connectivity index (χ1n) is 10.4. The highest BCUT2D eigenvalue weighted by atomic mass is 35.5. The number of carbonyl (C=O) groups excluding carboxylic acids is 1. The van der Waals surface area contributed by atoms with E-state index in [0.29, 0.717) is 23.2 Å². The molecule has 2 aliphatic rings. The third kappa shape index (κ3) is 6.95. The lowest BCUT2D eigenvalue weighted by Crippen LogP contribution is -2.37. The average molecular weight is 445 g/mol. The van der Waals surface area contributed by atoms with Crippen LogP contribution in [-0.4, -0.2) is 40.6 Å². The maximum absolute atomic E-state index is 12.7. The Hall–Kier alpha value is -1.15. The summed E-state index contributed by atoms with van der Waals surface area (Å²) in [6, 6.07) is 7.38. The van der Waals surface area contributed by atoms with Gasteiger partial charge in [-0.25, -0.2) is 13.1 Å². The van der Waals surface area contributed by atoms with Crippen LogP contribution in [0.3, 0.4) is 0 Å². The number of nitrogens with one attached hydrogen (secondary N) is 2. The summed E-state index contributed by atoms with van der Waals surface area (Å²) < 4.78 is 33.1. The Morgan fingerprint density at radius 1 is 1.07 bits per heavy atom. The van der Waals surface area contributed by atoms with E-state index in [1.165, 1.54) is 12.7 Å². The molecule has 1 aromatic carbocycles. The molecule has 0 unspecified atom stereocenters. The first-order chi connectivity index (χ1) is 13.5. The van der Waals surface area contributed by atoms with Gasteiger partial charge in [-0.15, -0.1) is 12.4 Å². The molecule has 3 rings (SSSR count). The summed E-state index contributed by atoms with van der Waals surface area (Å²) in [6.07, 6.45) is 6.99. The van der Waals surface area contributed by atoms with Crippen molar-refractivity contribution >= 4 is 28.4 Å². The number of methoxy groups -OCH3 is 1. The lowest BCUT2D eigenvalue weighted by molar-refractivity contribution is -0.141. The standard InChI is InChI=1S/C21H32N2O4S.ClH/c1-27-21(24)11-4-16-2-7-19(8-3-16)23-28(25,26)20-9-5-17(6-10-20)18-12-14-22-15-13-18;/h5-6,9-10,16,18-19,22-23H,2-4,7-8,11-15H2,1H3;1H. The van der Waals surface area contributed by atoms with Crippen molar-refractivity contribution in [3.8, 4) is 0 Å². The third-order valence-electron chi connectivity index (χ3n) is 6.15. The maximum Gasteiger partial charge on any atom is 0.305 e. The van der Waals surface area contributed by atoms with Gasteiger partial charge in [0.1, 0.15) is 0 Å². The fourth-order valence-electron chi connectivity index (χ4n) is 4.35. The van der Waals surface area contributed by atoms with Crippen LogP contribution in [-0.2, 0) is 19.6 Å². The molecule has 1 heterocycles. The Morgan fingerprint density at radius 2 is 1.69 bits per heavy atom. The Bertz CT molecular complexity index is 740. The number of hydrogen-bond acceptors (Lipinski definition) is 5. The smallest absolute Gasteiger partial charge is 0.305 e. The van der Waals surface area contributed by atoms with Gasteiger partial charge in [-0.05, 0) is 87.6 Å². The number of halogens is 1. The number of esters is 1. The van der Waals surface area contributed by atoms with Crippen LogP contribution >= 0.6 is 12.4 Å². The molecular weight excluding hydrogens is 412 g/mol. The molecule has 1 aliphatic heterocycles. The number of rotatable bonds is 7. The van der Waals surface area contributed by atoms with Crippen molar-refractivity contribution < 1.29 is 17.9 Å². The summed E-state index contributed by atoms with van der Waals surface area (Å²) in [7, 11) is -2.08. The second-order valence-electron chi connectivity index (χ2n) is 8.05. The van der Waals surface area contributed by atoms with Gasteiger partial charge in [0.25, 0.3) is 0 Å². The SMILES string of the molecule is COC(=O)CCC1CCC(NS(=O)(=O)c2ccc(C3CCNCC3)cc2)CC1.Cl. The lowest BCUT2D eigenvalue weighted by Gasteiger charge is -2.28. The van der Waals surface area contributed by atoms with Gasteiger partial charge in [0, 0.05) is 12.5 Å². The lowest BCUT2D eigenvalue weighted by atomic mass is 9.84. The Kier molecular flexibility index (Phi) is 9.40. The number of piperidine rings is 1. The van der Waals surface area contributed by atoms with Crippen LogP contribution in [0.2, 0.25) is 0 Å². The highest BCUT2D eigenvalue weighted by Gasteiger charge is 2.26. The van der Waals surface area contributed by atoms with Gasteiger partial charge in [0.2, 0.25) is 10.0 Å². The second kappa shape index (κ2) is 11.3. The van der Waals surface area contributed by atoms with E-state index in [4.69, 9.17) is 4.74 Å². The van der Waals surface area contributed by atoms with E-state index in [1.807, 2.05) is 12.1 Å². The van der Waals surface area contributed by atoms with Gasteiger partial charge in [-0.3, -0.25) is 4.79 Å². The fourth-order valence-corrected chi connectivity index (χ4v) is 5.66. The van der Waals surface area contributed by atoms with Crippen molar-refractivity contribution in [3.05, 3.63) is 29.8 Å². The highest BCUT2D eigenvalue weighted by Crippen LogP contribution is 2.29. The number of benzene rings is 1. The molecule has 0 radical (unpaired) electrons. The molecule has 164 valence electrons. The summed E-state index contributed by atoms with van der Waals surface area (Å²) in [5.74, 6) is 0.825. The Balaban J connectivity index is 0.00000300. The number of sulfonamides is 1. The zero-order chi connectivity index (χ0) is 20.0. The Labute approximate surface area is 180 Å². The van der Waals surface area contributed by atoms with Crippen molar-refractivity contribution in [1.82, 2.24) is 10.0 Å². The largest absolute Gasteiger partial charge is 0.469 e. The predicted octanol–water partition coefficient (Wildman–Crippen LogP) is 3.37. The minimum absolute atomic E-state index is 0. The fraction of sp³-hybridized carbons (Fsp3) is 0.667. The summed E-state index contributed by atoms with van der Waals surface area (Å²) in [4.78, 5) is 11.6. The number of carbonyl (C=O) groups is 1. The minimum atomic E-state index is -3.49. The number of hydrogen-bond donors (Lipinski definition) is 2. The average Bonchev–Trinajstić information content (AvgIpc) is 2.73. The Morgan fingerprint density at radius 3 is 2.28 bits per heavy atom. The molecule has 0 bridgehead atoms. The van der Waals surface area contributed by atoms with Crippen LogP contribution < -0.4 is 10.0 Å². The van der Waals surface area contributed by atoms with Crippen LogP contribution in [0.4, 0.5) is 0 Å². The van der Waals surface area contributed by atoms with Crippen LogP contribution in [0.15, 0.2) is 29.2 Å². The second-order valence-corrected chi connectivity index (χ2v) is 9.76. The molecule has 1 aromatic rings. The molecule has 0 atom stereocenters. The van der Waals surface area contributed by atoms with Crippen molar-refractivity contribution in [2.45, 2.75) is 68.2 Å². The van der Waals surface area contributed by atoms with Crippen LogP contribution in [0.1, 0.15) is 62.8 Å². The van der Waals surface area contributed by atoms with Crippen molar-refractivity contribution in [2.24, 2.45) is 5.92 Å². The molecule has 6 nitrogen and oxygen atoms in total. The molecule has 0 aromatic heterocycles. The van der Waals surface area contributed by atoms with E-state index in [-0.39, 0.29) is 24.4 Å². The summed E-state index contributed by atoms with van der Waals surface area (Å²) >= 11 is 0. The summed E-state index contributed by atoms with van der Waals surface area (Å²) in [5.41, 5.74) is 1.23. The van der Waals surface area contributed by atoms with Gasteiger partial charge in [0.15, 0.2) is 0 Å². The van der Waals surface area contributed by atoms with Gasteiger partial charge >= 0.3 is 5.97 Å². The first kappa shape index (κ1) is 24.1. The van der Waals surface area contributed by atoms with Gasteiger partial charge in [-0.1, -0.05) is 12.1 Å². The molecule has 1 saturated carbocycles. The van der Waals surface area contributed by atoms with Crippen molar-refractivity contribution in [2.75, 3.05) is 20.2 Å². The molecule has 29 heavy (non-hydrogen) atoms. The van der Waals surface area contributed by atoms with E-state index in [9.17, 15) is 13.2 Å². The molecule has 1 saturated heterocycles. The molecule has 1 aliphatic carbocycles. The van der Waals surface area contributed by atoms with E-state index < -0.39 is 10.0 Å². The molecule has 2 fully saturated rings. The first-order valence-corrected chi connectivity index (χ1v) is 11.9. The van der Waals surface area contributed by atoms with Crippen LogP contribution in [0, 0.1) is 5.92 Å². The molecule has 0 spiro atoms. The van der Waals surface area contributed by atoms with E-state index in [1.54, 1.807) is 12.1 Å². The molecule has 2 N–H and O–H groups in total. The van der Waals surface area contributed by atoms with Crippen molar-refractivity contribution in [3.63, 3.8) is 0 Å². The van der Waals surface area contributed by atoms with E-state index in [0.717, 1.165) is 58.0 Å². The van der Waals surface area contributed by atoms with Gasteiger partial charge in [0.05, 0.1) is 12.0 Å². The molecule has 0 amide bonds. The zero-order valence-corrected chi connectivity index (χ0v) is 18.7. The summed E-state index contributed by atoms with van der Waals surface area (Å²) in [5, 5.41) is 3.36. The molecular formula is C21H33ClN2O4S. The quantitative estimate of drug-likeness (QED) is 0.630. The van der Waals surface area contributed by atoms with Crippen molar-refractivity contribution in [1.29, 1.82) is 0 Å². The summed E-state index contributed by atoms with van der Waals surface area (Å²) in [6.45, 7) is 2.04. The predicted molar refractivity (Wildman–Crippen MR) is 116 cm³/mol. The minimum Gasteiger partial charge on any atom is -0.469 e. The zero-order valence-electron chi connectivity index (χ0n) is 17.1. The third-order valence-corrected chi connectivity index (χ3v) is 7.69. The number of ether oxygens (including phenoxy) is 1. The van der Waals surface area contributed by atoms with Gasteiger partial charge in [-0.2, -0.15) is 0 Å².